The molecule has 0 saturated heterocycles. The smallest absolute Gasteiger partial charge is 0.193 e. The summed E-state index contributed by atoms with van der Waals surface area (Å²) in [5.74, 6) is 0.0453. The minimum atomic E-state index is 0.0453. The zero-order valence-corrected chi connectivity index (χ0v) is 14.0. The maximum absolute atomic E-state index is 13.1. The summed E-state index contributed by atoms with van der Waals surface area (Å²) in [5.41, 5.74) is 6.60. The van der Waals surface area contributed by atoms with Crippen molar-refractivity contribution in [3.05, 3.63) is 101 Å². The van der Waals surface area contributed by atoms with Gasteiger partial charge in [0.05, 0.1) is 0 Å². The molecule has 3 aromatic carbocycles. The van der Waals surface area contributed by atoms with Gasteiger partial charge in [0.1, 0.15) is 0 Å². The Labute approximate surface area is 143 Å². The van der Waals surface area contributed by atoms with Crippen LogP contribution in [0.5, 0.6) is 0 Å². The quantitative estimate of drug-likeness (QED) is 0.553. The highest BCUT2D eigenvalue weighted by atomic mass is 16.1. The Morgan fingerprint density at radius 1 is 0.833 bits per heavy atom. The Morgan fingerprint density at radius 2 is 1.50 bits per heavy atom. The van der Waals surface area contributed by atoms with E-state index in [1.165, 1.54) is 0 Å². The van der Waals surface area contributed by atoms with E-state index in [4.69, 9.17) is 0 Å². The molecule has 3 aromatic rings. The average molecular weight is 312 g/mol. The van der Waals surface area contributed by atoms with Crippen LogP contribution in [-0.4, -0.2) is 5.78 Å². The van der Waals surface area contributed by atoms with Crippen LogP contribution in [0.4, 0.5) is 0 Å². The summed E-state index contributed by atoms with van der Waals surface area (Å²) in [6, 6.07) is 21.8. The molecule has 0 bridgehead atoms. The van der Waals surface area contributed by atoms with E-state index >= 15 is 0 Å². The summed E-state index contributed by atoms with van der Waals surface area (Å²) in [5, 5.41) is 0. The largest absolute Gasteiger partial charge is 0.289 e. The van der Waals surface area contributed by atoms with Crippen LogP contribution in [0.1, 0.15) is 32.6 Å². The van der Waals surface area contributed by atoms with E-state index in [-0.39, 0.29) is 5.78 Å². The normalized spacial score (nSPS) is 10.4. The molecule has 0 aromatic heterocycles. The average Bonchev–Trinajstić information content (AvgIpc) is 2.63. The second-order valence-corrected chi connectivity index (χ2v) is 5.91. The Morgan fingerprint density at radius 3 is 2.21 bits per heavy atom. The maximum Gasteiger partial charge on any atom is 0.193 e. The van der Waals surface area contributed by atoms with Crippen LogP contribution in [0.25, 0.3) is 17.2 Å². The fraction of sp³-hybridized carbons (Fsp3) is 0.0870. The number of aryl methyl sites for hydroxylation is 1. The van der Waals surface area contributed by atoms with Crippen molar-refractivity contribution >= 4 is 11.9 Å². The fourth-order valence-electron chi connectivity index (χ4n) is 2.99. The highest BCUT2D eigenvalue weighted by Crippen LogP contribution is 2.29. The number of carbonyl (C=O) groups is 1. The number of hydrogen-bond acceptors (Lipinski definition) is 1. The van der Waals surface area contributed by atoms with Crippen LogP contribution >= 0.6 is 0 Å². The van der Waals surface area contributed by atoms with E-state index < -0.39 is 0 Å². The van der Waals surface area contributed by atoms with Crippen molar-refractivity contribution in [2.24, 2.45) is 0 Å². The van der Waals surface area contributed by atoms with Crippen molar-refractivity contribution in [3.8, 4) is 11.1 Å². The highest BCUT2D eigenvalue weighted by Gasteiger charge is 2.17. The van der Waals surface area contributed by atoms with Gasteiger partial charge in [-0.2, -0.15) is 0 Å². The molecule has 0 saturated carbocycles. The molecule has 1 heteroatoms. The van der Waals surface area contributed by atoms with Gasteiger partial charge in [0.2, 0.25) is 0 Å². The zero-order valence-electron chi connectivity index (χ0n) is 14.0. The molecule has 0 spiro atoms. The van der Waals surface area contributed by atoms with E-state index in [1.54, 1.807) is 6.08 Å². The Hall–Kier alpha value is -2.93. The highest BCUT2D eigenvalue weighted by molar-refractivity contribution is 6.13. The van der Waals surface area contributed by atoms with E-state index in [2.05, 4.69) is 18.7 Å². The number of rotatable bonds is 4. The molecule has 0 N–H and O–H groups in total. The maximum atomic E-state index is 13.1. The van der Waals surface area contributed by atoms with Crippen molar-refractivity contribution < 1.29 is 4.79 Å². The van der Waals surface area contributed by atoms with Crippen molar-refractivity contribution in [2.75, 3.05) is 0 Å². The molecule has 1 nitrogen and oxygen atoms in total. The fourth-order valence-corrected chi connectivity index (χ4v) is 2.99. The molecule has 0 fully saturated rings. The second-order valence-electron chi connectivity index (χ2n) is 5.91. The van der Waals surface area contributed by atoms with Crippen molar-refractivity contribution in [2.45, 2.75) is 13.8 Å². The Bertz CT molecular complexity index is 905. The third kappa shape index (κ3) is 2.81. The van der Waals surface area contributed by atoms with E-state index in [0.717, 1.165) is 33.4 Å². The van der Waals surface area contributed by atoms with Crippen LogP contribution in [-0.2, 0) is 0 Å². The lowest BCUT2D eigenvalue weighted by molar-refractivity contribution is 0.103. The van der Waals surface area contributed by atoms with Crippen LogP contribution < -0.4 is 0 Å². The topological polar surface area (TPSA) is 17.1 Å². The SMILES string of the molecule is C=Cc1c(C(=O)c2cccc(C)c2C)cccc1-c1ccccc1. The molecule has 0 atom stereocenters. The van der Waals surface area contributed by atoms with Crippen molar-refractivity contribution in [3.63, 3.8) is 0 Å². The molecule has 24 heavy (non-hydrogen) atoms. The third-order valence-corrected chi connectivity index (χ3v) is 4.49. The molecule has 0 heterocycles. The number of ketones is 1. The van der Waals surface area contributed by atoms with E-state index in [0.29, 0.717) is 5.56 Å². The molecule has 118 valence electrons. The standard InChI is InChI=1S/C23H20O/c1-4-19-21(18-11-6-5-7-12-18)14-9-15-22(19)23(24)20-13-8-10-16(2)17(20)3/h4-15H,1H2,2-3H3. The molecule has 0 aliphatic heterocycles. The van der Waals surface area contributed by atoms with Crippen molar-refractivity contribution in [1.82, 2.24) is 0 Å². The monoisotopic (exact) mass is 312 g/mol. The Balaban J connectivity index is 2.17. The lowest BCUT2D eigenvalue weighted by Gasteiger charge is -2.13. The zero-order chi connectivity index (χ0) is 17.1. The number of benzene rings is 3. The van der Waals surface area contributed by atoms with E-state index in [1.807, 2.05) is 68.4 Å². The lowest BCUT2D eigenvalue weighted by Crippen LogP contribution is -2.07. The van der Waals surface area contributed by atoms with Gasteiger partial charge in [0, 0.05) is 11.1 Å². The lowest BCUT2D eigenvalue weighted by atomic mass is 9.89. The van der Waals surface area contributed by atoms with Gasteiger partial charge in [-0.1, -0.05) is 79.4 Å². The summed E-state index contributed by atoms with van der Waals surface area (Å²) < 4.78 is 0. The van der Waals surface area contributed by atoms with Crippen LogP contribution in [0.15, 0.2) is 73.3 Å². The first-order valence-electron chi connectivity index (χ1n) is 8.05. The Kier molecular flexibility index (Phi) is 4.43. The summed E-state index contributed by atoms with van der Waals surface area (Å²) in [7, 11) is 0. The molecule has 0 unspecified atom stereocenters. The van der Waals surface area contributed by atoms with Gasteiger partial charge in [-0.25, -0.2) is 0 Å². The first-order chi connectivity index (χ1) is 11.6. The van der Waals surface area contributed by atoms with Crippen LogP contribution in [0.2, 0.25) is 0 Å². The van der Waals surface area contributed by atoms with Gasteiger partial charge in [-0.3, -0.25) is 4.79 Å². The minimum absolute atomic E-state index is 0.0453. The molecule has 3 rings (SSSR count). The third-order valence-electron chi connectivity index (χ3n) is 4.49. The van der Waals surface area contributed by atoms with Gasteiger partial charge >= 0.3 is 0 Å². The van der Waals surface area contributed by atoms with Gasteiger partial charge in [-0.05, 0) is 41.7 Å². The summed E-state index contributed by atoms with van der Waals surface area (Å²) in [6.45, 7) is 7.97. The first-order valence-corrected chi connectivity index (χ1v) is 8.05. The summed E-state index contributed by atoms with van der Waals surface area (Å²) >= 11 is 0. The van der Waals surface area contributed by atoms with Gasteiger partial charge in [-0.15, -0.1) is 0 Å². The van der Waals surface area contributed by atoms with Gasteiger partial charge in [0.25, 0.3) is 0 Å². The first kappa shape index (κ1) is 15.9. The van der Waals surface area contributed by atoms with E-state index in [9.17, 15) is 4.79 Å². The number of carbonyl (C=O) groups excluding carboxylic acids is 1. The predicted molar refractivity (Wildman–Crippen MR) is 101 cm³/mol. The molecule has 0 amide bonds. The van der Waals surface area contributed by atoms with Crippen molar-refractivity contribution in [1.29, 1.82) is 0 Å². The van der Waals surface area contributed by atoms with Crippen LogP contribution in [0, 0.1) is 13.8 Å². The second kappa shape index (κ2) is 6.67. The molecule has 0 radical (unpaired) electrons. The van der Waals surface area contributed by atoms with Gasteiger partial charge < -0.3 is 0 Å². The minimum Gasteiger partial charge on any atom is -0.289 e. The molecular formula is C23H20O. The molecular weight excluding hydrogens is 292 g/mol. The van der Waals surface area contributed by atoms with Gasteiger partial charge in [0.15, 0.2) is 5.78 Å². The van der Waals surface area contributed by atoms with Crippen LogP contribution in [0.3, 0.4) is 0 Å². The summed E-state index contributed by atoms with van der Waals surface area (Å²) in [4.78, 5) is 13.1. The predicted octanol–water partition coefficient (Wildman–Crippen LogP) is 5.84. The molecule has 0 aliphatic rings. The summed E-state index contributed by atoms with van der Waals surface area (Å²) in [6.07, 6.45) is 1.78. The number of hydrogen-bond donors (Lipinski definition) is 0. The molecule has 0 aliphatic carbocycles.